The lowest BCUT2D eigenvalue weighted by Crippen LogP contribution is -2.12. The van der Waals surface area contributed by atoms with Gasteiger partial charge in [0.2, 0.25) is 0 Å². The first-order valence-electron chi connectivity index (χ1n) is 7.72. The highest BCUT2D eigenvalue weighted by atomic mass is 32.2. The van der Waals surface area contributed by atoms with Crippen LogP contribution in [-0.2, 0) is 9.84 Å². The van der Waals surface area contributed by atoms with Gasteiger partial charge in [-0.1, -0.05) is 25.0 Å². The number of hydrogen-bond donors (Lipinski definition) is 0. The lowest BCUT2D eigenvalue weighted by Gasteiger charge is -2.15. The van der Waals surface area contributed by atoms with E-state index in [0.29, 0.717) is 4.90 Å². The first kappa shape index (κ1) is 18.0. The molecular formula is C18H28O2S. The van der Waals surface area contributed by atoms with E-state index in [-0.39, 0.29) is 5.75 Å². The van der Waals surface area contributed by atoms with Gasteiger partial charge in [0.1, 0.15) is 0 Å². The van der Waals surface area contributed by atoms with Crippen molar-refractivity contribution in [1.29, 1.82) is 0 Å². The van der Waals surface area contributed by atoms with Crippen molar-refractivity contribution in [2.24, 2.45) is 0 Å². The quantitative estimate of drug-likeness (QED) is 0.509. The summed E-state index contributed by atoms with van der Waals surface area (Å²) in [6.07, 6.45) is 6.82. The molecule has 0 saturated carbocycles. The Bertz CT molecular complexity index is 572. The maximum absolute atomic E-state index is 12.7. The van der Waals surface area contributed by atoms with E-state index >= 15 is 0 Å². The molecule has 1 aromatic rings. The van der Waals surface area contributed by atoms with E-state index in [4.69, 9.17) is 0 Å². The number of hydrogen-bond acceptors (Lipinski definition) is 2. The second-order valence-electron chi connectivity index (χ2n) is 5.90. The summed E-state index contributed by atoms with van der Waals surface area (Å²) < 4.78 is 25.3. The average molecular weight is 308 g/mol. The Morgan fingerprint density at radius 1 is 0.952 bits per heavy atom. The number of allylic oxidation sites excluding steroid dienone is 1. The number of unbranched alkanes of at least 4 members (excludes halogenated alkanes) is 4. The van der Waals surface area contributed by atoms with Gasteiger partial charge in [-0.25, -0.2) is 8.42 Å². The molecule has 0 bridgehead atoms. The third kappa shape index (κ3) is 4.70. The zero-order valence-electron chi connectivity index (χ0n) is 13.8. The normalized spacial score (nSPS) is 11.6. The van der Waals surface area contributed by atoms with Crippen LogP contribution < -0.4 is 0 Å². The zero-order valence-corrected chi connectivity index (χ0v) is 14.6. The van der Waals surface area contributed by atoms with Crippen LogP contribution in [-0.4, -0.2) is 14.2 Å². The maximum atomic E-state index is 12.7. The predicted molar refractivity (Wildman–Crippen MR) is 90.7 cm³/mol. The molecule has 3 heteroatoms. The molecule has 21 heavy (non-hydrogen) atoms. The number of aryl methyl sites for hydroxylation is 2. The van der Waals surface area contributed by atoms with Crippen LogP contribution in [0.5, 0.6) is 0 Å². The van der Waals surface area contributed by atoms with Crippen LogP contribution in [0.3, 0.4) is 0 Å². The van der Waals surface area contributed by atoms with Gasteiger partial charge in [0.25, 0.3) is 0 Å². The van der Waals surface area contributed by atoms with Crippen LogP contribution in [0, 0.1) is 27.7 Å². The third-order valence-corrected chi connectivity index (χ3v) is 6.24. The molecule has 0 amide bonds. The molecule has 2 nitrogen and oxygen atoms in total. The standard InChI is InChI=1S/C18H28O2S/c1-6-7-8-9-10-11-12-21(19,20)18-16(4)14(2)13-15(3)17(18)5/h6,13H,1,7-12H2,2-5H3. The third-order valence-electron chi connectivity index (χ3n) is 4.18. The number of benzene rings is 1. The van der Waals surface area contributed by atoms with Crippen molar-refractivity contribution in [3.8, 4) is 0 Å². The van der Waals surface area contributed by atoms with Crippen LogP contribution in [0.1, 0.15) is 54.4 Å². The Balaban J connectivity index is 2.82. The van der Waals surface area contributed by atoms with Crippen molar-refractivity contribution in [2.45, 2.75) is 64.7 Å². The van der Waals surface area contributed by atoms with Crippen molar-refractivity contribution < 1.29 is 8.42 Å². The molecular weight excluding hydrogens is 280 g/mol. The van der Waals surface area contributed by atoms with Crippen LogP contribution in [0.2, 0.25) is 0 Å². The summed E-state index contributed by atoms with van der Waals surface area (Å²) in [6.45, 7) is 11.5. The van der Waals surface area contributed by atoms with Crippen molar-refractivity contribution >= 4 is 9.84 Å². The smallest absolute Gasteiger partial charge is 0.178 e. The summed E-state index contributed by atoms with van der Waals surface area (Å²) in [5.74, 6) is 0.256. The molecule has 0 aromatic heterocycles. The van der Waals surface area contributed by atoms with Gasteiger partial charge in [0.15, 0.2) is 9.84 Å². The molecule has 0 aliphatic rings. The molecule has 1 rings (SSSR count). The Kier molecular flexibility index (Phi) is 6.66. The highest BCUT2D eigenvalue weighted by molar-refractivity contribution is 7.91. The first-order valence-corrected chi connectivity index (χ1v) is 9.37. The topological polar surface area (TPSA) is 34.1 Å². The summed E-state index contributed by atoms with van der Waals surface area (Å²) in [7, 11) is -3.18. The van der Waals surface area contributed by atoms with Gasteiger partial charge in [-0.15, -0.1) is 6.58 Å². The zero-order chi connectivity index (χ0) is 16.0. The van der Waals surface area contributed by atoms with Crippen molar-refractivity contribution in [3.63, 3.8) is 0 Å². The fourth-order valence-electron chi connectivity index (χ4n) is 2.68. The van der Waals surface area contributed by atoms with Gasteiger partial charge in [0, 0.05) is 0 Å². The van der Waals surface area contributed by atoms with Crippen LogP contribution in [0.4, 0.5) is 0 Å². The predicted octanol–water partition coefficient (Wildman–Crippen LogP) is 4.83. The van der Waals surface area contributed by atoms with Gasteiger partial charge >= 0.3 is 0 Å². The van der Waals surface area contributed by atoms with Gasteiger partial charge in [-0.2, -0.15) is 0 Å². The second kappa shape index (κ2) is 7.79. The largest absolute Gasteiger partial charge is 0.224 e. The molecule has 0 unspecified atom stereocenters. The highest BCUT2D eigenvalue weighted by Crippen LogP contribution is 2.27. The molecule has 0 atom stereocenters. The fourth-order valence-corrected chi connectivity index (χ4v) is 4.73. The summed E-state index contributed by atoms with van der Waals surface area (Å²) >= 11 is 0. The summed E-state index contributed by atoms with van der Waals surface area (Å²) in [5, 5.41) is 0. The second-order valence-corrected chi connectivity index (χ2v) is 7.95. The molecule has 0 heterocycles. The molecule has 0 radical (unpaired) electrons. The SMILES string of the molecule is C=CCCCCCCS(=O)(=O)c1c(C)c(C)cc(C)c1C. The molecule has 0 spiro atoms. The molecule has 0 aliphatic carbocycles. The van der Waals surface area contributed by atoms with Crippen molar-refractivity contribution in [1.82, 2.24) is 0 Å². The summed E-state index contributed by atoms with van der Waals surface area (Å²) in [6, 6.07) is 2.07. The van der Waals surface area contributed by atoms with E-state index in [1.807, 2.05) is 33.8 Å². The Labute approximate surface area is 130 Å². The highest BCUT2D eigenvalue weighted by Gasteiger charge is 2.21. The minimum atomic E-state index is -3.18. The Morgan fingerprint density at radius 3 is 2.00 bits per heavy atom. The Hall–Kier alpha value is -1.09. The lowest BCUT2D eigenvalue weighted by molar-refractivity contribution is 0.586. The lowest BCUT2D eigenvalue weighted by atomic mass is 10.0. The minimum Gasteiger partial charge on any atom is -0.224 e. The molecule has 0 fully saturated rings. The van der Waals surface area contributed by atoms with Crippen LogP contribution in [0.15, 0.2) is 23.6 Å². The summed E-state index contributed by atoms with van der Waals surface area (Å²) in [4.78, 5) is 0.561. The molecule has 0 N–H and O–H groups in total. The van der Waals surface area contributed by atoms with Crippen LogP contribution >= 0.6 is 0 Å². The minimum absolute atomic E-state index is 0.256. The monoisotopic (exact) mass is 308 g/mol. The first-order chi connectivity index (χ1) is 9.81. The van der Waals surface area contributed by atoms with Crippen molar-refractivity contribution in [3.05, 3.63) is 41.0 Å². The van der Waals surface area contributed by atoms with Gasteiger partial charge in [0.05, 0.1) is 10.6 Å². The molecule has 0 saturated heterocycles. The van der Waals surface area contributed by atoms with E-state index in [1.165, 1.54) is 0 Å². The number of sulfone groups is 1. The molecule has 1 aromatic carbocycles. The van der Waals surface area contributed by atoms with E-state index in [2.05, 4.69) is 12.6 Å². The fraction of sp³-hybridized carbons (Fsp3) is 0.556. The maximum Gasteiger partial charge on any atom is 0.178 e. The molecule has 0 aliphatic heterocycles. The molecule has 118 valence electrons. The average Bonchev–Trinajstić information content (AvgIpc) is 2.40. The van der Waals surface area contributed by atoms with E-state index < -0.39 is 9.84 Å². The summed E-state index contributed by atoms with van der Waals surface area (Å²) in [5.41, 5.74) is 3.93. The van der Waals surface area contributed by atoms with Gasteiger partial charge in [-0.05, 0) is 69.2 Å². The van der Waals surface area contributed by atoms with Gasteiger partial charge < -0.3 is 0 Å². The van der Waals surface area contributed by atoms with E-state index in [9.17, 15) is 8.42 Å². The van der Waals surface area contributed by atoms with Gasteiger partial charge in [-0.3, -0.25) is 0 Å². The number of rotatable bonds is 8. The van der Waals surface area contributed by atoms with Crippen molar-refractivity contribution in [2.75, 3.05) is 5.75 Å². The van der Waals surface area contributed by atoms with E-state index in [0.717, 1.165) is 54.4 Å². The van der Waals surface area contributed by atoms with E-state index in [1.54, 1.807) is 0 Å². The van der Waals surface area contributed by atoms with Crippen LogP contribution in [0.25, 0.3) is 0 Å². The Morgan fingerprint density at radius 2 is 1.48 bits per heavy atom.